The SMILES string of the molecule is C=C1CCC(CC(=O)c2cc3c(cc2C(C)=O)CN(C2CCN(C(=O)C4CCN(c5ccc(C6c7ccc(O)cc7CCC6c6ccccc6)cc5)CC4)CC2)C3)C(=O)N1. The van der Waals surface area contributed by atoms with Crippen molar-refractivity contribution in [1.29, 1.82) is 0 Å². The molecule has 3 fully saturated rings. The van der Waals surface area contributed by atoms with E-state index in [0.29, 0.717) is 53.9 Å². The summed E-state index contributed by atoms with van der Waals surface area (Å²) >= 11 is 0. The summed E-state index contributed by atoms with van der Waals surface area (Å²) in [5.41, 5.74) is 10.1. The van der Waals surface area contributed by atoms with Crippen molar-refractivity contribution in [2.45, 2.75) is 95.7 Å². The van der Waals surface area contributed by atoms with E-state index in [1.807, 2.05) is 24.3 Å². The lowest BCUT2D eigenvalue weighted by Crippen LogP contribution is -2.48. The zero-order chi connectivity index (χ0) is 41.5. The number of phenolic OH excluding ortho intramolecular Hbond substituents is 1. The lowest BCUT2D eigenvalue weighted by molar-refractivity contribution is -0.137. The number of phenols is 1. The fourth-order valence-electron chi connectivity index (χ4n) is 10.9. The molecule has 9 heteroatoms. The third-order valence-corrected chi connectivity index (χ3v) is 14.2. The number of carbonyl (C=O) groups is 4. The van der Waals surface area contributed by atoms with Crippen LogP contribution in [0.15, 0.2) is 97.2 Å². The van der Waals surface area contributed by atoms with Gasteiger partial charge >= 0.3 is 0 Å². The zero-order valence-electron chi connectivity index (χ0n) is 34.7. The van der Waals surface area contributed by atoms with E-state index in [1.165, 1.54) is 34.9 Å². The highest BCUT2D eigenvalue weighted by molar-refractivity contribution is 6.09. The molecule has 5 aliphatic rings. The average Bonchev–Trinajstić information content (AvgIpc) is 3.70. The van der Waals surface area contributed by atoms with E-state index in [9.17, 15) is 24.3 Å². The second kappa shape index (κ2) is 16.8. The van der Waals surface area contributed by atoms with E-state index < -0.39 is 5.92 Å². The van der Waals surface area contributed by atoms with E-state index in [1.54, 1.807) is 0 Å². The van der Waals surface area contributed by atoms with Crippen molar-refractivity contribution in [3.8, 4) is 5.75 Å². The predicted octanol–water partition coefficient (Wildman–Crippen LogP) is 8.29. The molecular weight excluding hydrogens is 749 g/mol. The van der Waals surface area contributed by atoms with Gasteiger partial charge in [-0.25, -0.2) is 0 Å². The third-order valence-electron chi connectivity index (χ3n) is 14.2. The fourth-order valence-corrected chi connectivity index (χ4v) is 10.9. The lowest BCUT2D eigenvalue weighted by atomic mass is 9.69. The number of ketones is 2. The third kappa shape index (κ3) is 8.04. The Kier molecular flexibility index (Phi) is 11.2. The van der Waals surface area contributed by atoms with Gasteiger partial charge in [-0.05, 0) is 134 Å². The second-order valence-electron chi connectivity index (χ2n) is 17.9. The van der Waals surface area contributed by atoms with Crippen LogP contribution in [0.25, 0.3) is 0 Å². The molecular formula is C51H56N4O5. The Balaban J connectivity index is 0.785. The smallest absolute Gasteiger partial charge is 0.227 e. The Bertz CT molecular complexity index is 2310. The van der Waals surface area contributed by atoms with E-state index in [-0.39, 0.29) is 41.6 Å². The number of hydrogen-bond acceptors (Lipinski definition) is 7. The number of piperidine rings is 3. The number of anilines is 1. The summed E-state index contributed by atoms with van der Waals surface area (Å²) in [6, 6.07) is 29.9. The van der Waals surface area contributed by atoms with Crippen molar-refractivity contribution in [2.24, 2.45) is 11.8 Å². The van der Waals surface area contributed by atoms with E-state index in [0.717, 1.165) is 82.4 Å². The van der Waals surface area contributed by atoms with Crippen LogP contribution in [-0.2, 0) is 29.1 Å². The van der Waals surface area contributed by atoms with E-state index in [4.69, 9.17) is 0 Å². The Labute approximate surface area is 353 Å². The second-order valence-corrected chi connectivity index (χ2v) is 17.9. The first-order valence-corrected chi connectivity index (χ1v) is 22.0. The van der Waals surface area contributed by atoms with Gasteiger partial charge in [0.15, 0.2) is 11.6 Å². The number of rotatable bonds is 9. The molecule has 3 atom stereocenters. The minimum atomic E-state index is -0.413. The first-order valence-electron chi connectivity index (χ1n) is 22.0. The fraction of sp³-hybridized carbons (Fsp3) is 0.412. The number of Topliss-reactive ketones (excluding diaryl/α,β-unsaturated/α-hetero) is 2. The van der Waals surface area contributed by atoms with Gasteiger partial charge in [0.05, 0.1) is 0 Å². The largest absolute Gasteiger partial charge is 0.508 e. The molecule has 4 aromatic rings. The van der Waals surface area contributed by atoms with E-state index >= 15 is 0 Å². The highest BCUT2D eigenvalue weighted by Gasteiger charge is 2.36. The van der Waals surface area contributed by atoms with Gasteiger partial charge in [-0.15, -0.1) is 0 Å². The topological polar surface area (TPSA) is 110 Å². The highest BCUT2D eigenvalue weighted by Crippen LogP contribution is 2.47. The minimum Gasteiger partial charge on any atom is -0.508 e. The van der Waals surface area contributed by atoms with Gasteiger partial charge in [-0.2, -0.15) is 0 Å². The van der Waals surface area contributed by atoms with Gasteiger partial charge < -0.3 is 20.2 Å². The molecule has 0 bridgehead atoms. The minimum absolute atomic E-state index is 0.0365. The molecule has 3 saturated heterocycles. The van der Waals surface area contributed by atoms with Gasteiger partial charge in [0.2, 0.25) is 11.8 Å². The number of nitrogens with one attached hydrogen (secondary N) is 1. The standard InChI is InChI=1S/C51H56N4O5/c1-32-8-9-38(50(59)52-32)29-48(58)47-28-40-31-55(30-39(40)27-46(47)33(2)56)42-20-24-54(25-21-42)51(60)36-18-22-53(23-19-36)41-13-10-35(11-14-41)49-44(34-6-4-3-5-7-34)16-12-37-26-43(57)15-17-45(37)49/h3-7,10-11,13-15,17,26-28,36,38,42,44,49,57H,1,8-9,12,16,18-25,29-31H2,2H3,(H,52,59). The molecule has 1 aliphatic carbocycles. The molecule has 0 aromatic heterocycles. The van der Waals surface area contributed by atoms with Crippen molar-refractivity contribution in [2.75, 3.05) is 31.1 Å². The zero-order valence-corrected chi connectivity index (χ0v) is 34.7. The number of hydrogen-bond donors (Lipinski definition) is 2. The van der Waals surface area contributed by atoms with Gasteiger partial charge in [-0.1, -0.05) is 55.1 Å². The molecule has 2 amide bonds. The molecule has 9 nitrogen and oxygen atoms in total. The maximum atomic E-state index is 13.9. The maximum Gasteiger partial charge on any atom is 0.227 e. The summed E-state index contributed by atoms with van der Waals surface area (Å²) in [4.78, 5) is 59.6. The summed E-state index contributed by atoms with van der Waals surface area (Å²) in [6.07, 6.45) is 6.80. The van der Waals surface area contributed by atoms with Crippen molar-refractivity contribution in [1.82, 2.24) is 15.1 Å². The number of fused-ring (bicyclic) bond motifs is 2. The number of allylic oxidation sites excluding steroid dienone is 1. The van der Waals surface area contributed by atoms with Crippen LogP contribution in [0.3, 0.4) is 0 Å². The van der Waals surface area contributed by atoms with Gasteiger partial charge in [0, 0.05) is 92.0 Å². The lowest BCUT2D eigenvalue weighted by Gasteiger charge is -2.40. The summed E-state index contributed by atoms with van der Waals surface area (Å²) in [5.74, 6) is 0.344. The molecule has 60 heavy (non-hydrogen) atoms. The summed E-state index contributed by atoms with van der Waals surface area (Å²) in [7, 11) is 0. The molecule has 4 aliphatic heterocycles. The maximum absolute atomic E-state index is 13.9. The van der Waals surface area contributed by atoms with Crippen LogP contribution < -0.4 is 10.2 Å². The Morgan fingerprint density at radius 2 is 1.45 bits per heavy atom. The number of likely N-dealkylation sites (tertiary alicyclic amines) is 1. The molecule has 4 aromatic carbocycles. The number of aryl methyl sites for hydroxylation is 1. The van der Waals surface area contributed by atoms with Crippen LogP contribution in [0, 0.1) is 11.8 Å². The van der Waals surface area contributed by atoms with Crippen molar-refractivity contribution >= 4 is 29.1 Å². The number of benzene rings is 4. The molecule has 0 radical (unpaired) electrons. The van der Waals surface area contributed by atoms with Crippen molar-refractivity contribution in [3.05, 3.63) is 142 Å². The molecule has 9 rings (SSSR count). The Morgan fingerprint density at radius 1 is 0.750 bits per heavy atom. The summed E-state index contributed by atoms with van der Waals surface area (Å²) < 4.78 is 0. The van der Waals surface area contributed by atoms with Crippen LogP contribution in [0.1, 0.15) is 124 Å². The van der Waals surface area contributed by atoms with Crippen LogP contribution in [0.4, 0.5) is 5.69 Å². The molecule has 310 valence electrons. The average molecular weight is 805 g/mol. The van der Waals surface area contributed by atoms with Crippen molar-refractivity contribution < 1.29 is 24.3 Å². The highest BCUT2D eigenvalue weighted by atomic mass is 16.3. The van der Waals surface area contributed by atoms with Crippen LogP contribution >= 0.6 is 0 Å². The van der Waals surface area contributed by atoms with Gasteiger partial charge in [-0.3, -0.25) is 24.1 Å². The van der Waals surface area contributed by atoms with Crippen LogP contribution in [-0.4, -0.2) is 70.5 Å². The van der Waals surface area contributed by atoms with Crippen LogP contribution in [0.2, 0.25) is 0 Å². The molecule has 0 saturated carbocycles. The first-order chi connectivity index (χ1) is 29.1. The molecule has 4 heterocycles. The molecule has 2 N–H and O–H groups in total. The number of carbonyl (C=O) groups excluding carboxylic acids is 4. The number of amides is 2. The normalized spacial score (nSPS) is 22.6. The van der Waals surface area contributed by atoms with Gasteiger partial charge in [0.1, 0.15) is 5.75 Å². The number of aromatic hydroxyl groups is 1. The Hall–Kier alpha value is -5.54. The molecule has 0 spiro atoms. The van der Waals surface area contributed by atoms with Crippen molar-refractivity contribution in [3.63, 3.8) is 0 Å². The quantitative estimate of drug-likeness (QED) is 0.164. The van der Waals surface area contributed by atoms with Crippen LogP contribution in [0.5, 0.6) is 5.75 Å². The Morgan fingerprint density at radius 3 is 2.13 bits per heavy atom. The summed E-state index contributed by atoms with van der Waals surface area (Å²) in [6.45, 7) is 9.96. The number of nitrogens with zero attached hydrogens (tertiary/aromatic N) is 3. The first kappa shape index (κ1) is 39.9. The summed E-state index contributed by atoms with van der Waals surface area (Å²) in [5, 5.41) is 13.0. The predicted molar refractivity (Wildman–Crippen MR) is 233 cm³/mol. The van der Waals surface area contributed by atoms with Gasteiger partial charge in [0.25, 0.3) is 0 Å². The van der Waals surface area contributed by atoms with E-state index in [2.05, 4.69) is 87.3 Å². The molecule has 3 unspecified atom stereocenters. The monoisotopic (exact) mass is 804 g/mol.